The highest BCUT2D eigenvalue weighted by Gasteiger charge is 2.03. The van der Waals surface area contributed by atoms with Crippen LogP contribution in [0.2, 0.25) is 0 Å². The Balaban J connectivity index is 3.46. The van der Waals surface area contributed by atoms with Gasteiger partial charge in [0.25, 0.3) is 0 Å². The van der Waals surface area contributed by atoms with Gasteiger partial charge in [-0.05, 0) is 13.3 Å². The van der Waals surface area contributed by atoms with Gasteiger partial charge in [-0.15, -0.1) is 4.36 Å². The monoisotopic (exact) mass is 147 g/mol. The lowest BCUT2D eigenvalue weighted by Crippen LogP contribution is -2.09. The van der Waals surface area contributed by atoms with Crippen LogP contribution >= 0.6 is 0 Å². The summed E-state index contributed by atoms with van der Waals surface area (Å²) in [5.74, 6) is 0. The average Bonchev–Trinajstić information content (AvgIpc) is 1.87. The predicted molar refractivity (Wildman–Crippen MR) is 36.0 cm³/mol. The summed E-state index contributed by atoms with van der Waals surface area (Å²) in [6.45, 7) is 3.71. The van der Waals surface area contributed by atoms with Crippen LogP contribution in [0.5, 0.6) is 0 Å². The van der Waals surface area contributed by atoms with Gasteiger partial charge in [-0.3, -0.25) is 0 Å². The minimum Gasteiger partial charge on any atom is -0.444 e. The van der Waals surface area contributed by atoms with Gasteiger partial charge in [0, 0.05) is 12.4 Å². The molecule has 0 aliphatic heterocycles. The quantitative estimate of drug-likeness (QED) is 0.596. The van der Waals surface area contributed by atoms with Crippen molar-refractivity contribution in [2.24, 2.45) is 4.36 Å². The van der Waals surface area contributed by atoms with E-state index in [1.54, 1.807) is 6.92 Å². The Bertz CT molecular complexity index is 116. The van der Waals surface area contributed by atoms with E-state index in [1.165, 1.54) is 0 Å². The van der Waals surface area contributed by atoms with E-state index in [4.69, 9.17) is 0 Å². The Morgan fingerprint density at radius 1 is 1.89 bits per heavy atom. The smallest absolute Gasteiger partial charge is 0.444 e. The van der Waals surface area contributed by atoms with E-state index in [9.17, 15) is 4.79 Å². The number of carbonyl (C=O) groups excluding carboxylic acids is 1. The zero-order valence-electron chi connectivity index (χ0n) is 5.46. The second kappa shape index (κ2) is 4.38. The Morgan fingerprint density at radius 2 is 2.44 bits per heavy atom. The summed E-state index contributed by atoms with van der Waals surface area (Å²) < 4.78 is 7.54. The van der Waals surface area contributed by atoms with Crippen molar-refractivity contribution in [3.05, 3.63) is 0 Å². The van der Waals surface area contributed by atoms with Crippen molar-refractivity contribution in [1.82, 2.24) is 0 Å². The topological polar surface area (TPSA) is 38.7 Å². The van der Waals surface area contributed by atoms with Crippen molar-refractivity contribution in [2.75, 3.05) is 0 Å². The van der Waals surface area contributed by atoms with Gasteiger partial charge >= 0.3 is 6.09 Å². The Kier molecular flexibility index (Phi) is 4.13. The fourth-order valence-electron chi connectivity index (χ4n) is 0.277. The molecule has 1 amide bonds. The van der Waals surface area contributed by atoms with Crippen molar-refractivity contribution >= 4 is 18.5 Å². The highest BCUT2D eigenvalue weighted by atomic mass is 32.1. The molecule has 3 nitrogen and oxygen atoms in total. The standard InChI is InChI=1S/C5H9NO2S/c1-3-4(2)8-5(7)6-9/h4H,3H2,1-2H3. The SMILES string of the molecule is CCC(C)OC(=O)N=S. The van der Waals surface area contributed by atoms with Gasteiger partial charge in [-0.2, -0.15) is 0 Å². The molecule has 0 bridgehead atoms. The van der Waals surface area contributed by atoms with Crippen molar-refractivity contribution in [3.63, 3.8) is 0 Å². The van der Waals surface area contributed by atoms with E-state index in [1.807, 2.05) is 6.92 Å². The van der Waals surface area contributed by atoms with Crippen LogP contribution in [0.3, 0.4) is 0 Å². The molecule has 52 valence electrons. The van der Waals surface area contributed by atoms with Gasteiger partial charge in [0.1, 0.15) is 6.10 Å². The molecule has 0 saturated carbocycles. The number of carbonyl (C=O) groups is 1. The van der Waals surface area contributed by atoms with Crippen LogP contribution in [0.15, 0.2) is 4.36 Å². The molecular weight excluding hydrogens is 138 g/mol. The number of ether oxygens (including phenoxy) is 1. The normalized spacial score (nSPS) is 12.2. The summed E-state index contributed by atoms with van der Waals surface area (Å²) in [5.41, 5.74) is 0. The minimum atomic E-state index is -0.667. The van der Waals surface area contributed by atoms with Crippen LogP contribution in [0.1, 0.15) is 20.3 Å². The van der Waals surface area contributed by atoms with Gasteiger partial charge in [0.2, 0.25) is 0 Å². The first-order valence-corrected chi connectivity index (χ1v) is 3.11. The maximum Gasteiger partial charge on any atom is 0.445 e. The highest BCUT2D eigenvalue weighted by molar-refractivity contribution is 7.47. The lowest BCUT2D eigenvalue weighted by atomic mass is 10.3. The number of rotatable bonds is 2. The summed E-state index contributed by atoms with van der Waals surface area (Å²) in [6, 6.07) is 0. The van der Waals surface area contributed by atoms with Gasteiger partial charge in [-0.25, -0.2) is 4.79 Å². The maximum absolute atomic E-state index is 10.3. The number of hydrogen-bond acceptors (Lipinski definition) is 3. The first-order chi connectivity index (χ1) is 4.20. The van der Waals surface area contributed by atoms with Gasteiger partial charge in [0.05, 0.1) is 0 Å². The Labute approximate surface area is 59.6 Å². The van der Waals surface area contributed by atoms with E-state index in [2.05, 4.69) is 21.5 Å². The predicted octanol–water partition coefficient (Wildman–Crippen LogP) is 1.65. The third-order valence-corrected chi connectivity index (χ3v) is 1.10. The molecule has 0 aliphatic carbocycles. The van der Waals surface area contributed by atoms with Crippen LogP contribution < -0.4 is 0 Å². The average molecular weight is 147 g/mol. The Hall–Kier alpha value is -0.510. The maximum atomic E-state index is 10.3. The Morgan fingerprint density at radius 3 is 2.78 bits per heavy atom. The van der Waals surface area contributed by atoms with E-state index >= 15 is 0 Å². The lowest BCUT2D eigenvalue weighted by Gasteiger charge is -2.05. The van der Waals surface area contributed by atoms with Crippen LogP contribution in [0, 0.1) is 0 Å². The summed E-state index contributed by atoms with van der Waals surface area (Å²) >= 11 is 4.09. The molecule has 0 saturated heterocycles. The van der Waals surface area contributed by atoms with E-state index in [-0.39, 0.29) is 6.10 Å². The largest absolute Gasteiger partial charge is 0.445 e. The fourth-order valence-corrected chi connectivity index (χ4v) is 0.320. The zero-order chi connectivity index (χ0) is 7.28. The minimum absolute atomic E-state index is 0.0794. The van der Waals surface area contributed by atoms with Crippen LogP contribution in [0.25, 0.3) is 0 Å². The zero-order valence-corrected chi connectivity index (χ0v) is 6.27. The second-order valence-electron chi connectivity index (χ2n) is 1.69. The van der Waals surface area contributed by atoms with Gasteiger partial charge < -0.3 is 4.74 Å². The molecule has 0 heterocycles. The molecule has 4 heteroatoms. The van der Waals surface area contributed by atoms with Gasteiger partial charge in [0.15, 0.2) is 0 Å². The number of hydrogen-bond donors (Lipinski definition) is 0. The van der Waals surface area contributed by atoms with Crippen molar-refractivity contribution in [1.29, 1.82) is 0 Å². The third kappa shape index (κ3) is 4.02. The number of amides is 1. The molecule has 1 unspecified atom stereocenters. The van der Waals surface area contributed by atoms with Gasteiger partial charge in [-0.1, -0.05) is 6.92 Å². The van der Waals surface area contributed by atoms with Crippen molar-refractivity contribution < 1.29 is 9.53 Å². The van der Waals surface area contributed by atoms with Crippen LogP contribution in [-0.2, 0) is 17.2 Å². The molecule has 0 aromatic carbocycles. The summed E-state index contributed by atoms with van der Waals surface area (Å²) in [4.78, 5) is 10.3. The first kappa shape index (κ1) is 8.49. The van der Waals surface area contributed by atoms with E-state index in [0.717, 1.165) is 6.42 Å². The molecule has 0 aromatic rings. The molecule has 9 heavy (non-hydrogen) atoms. The molecule has 1 atom stereocenters. The molecule has 0 rings (SSSR count). The fraction of sp³-hybridized carbons (Fsp3) is 0.800. The van der Waals surface area contributed by atoms with Crippen LogP contribution in [0.4, 0.5) is 4.79 Å². The molecule has 0 aliphatic rings. The molecule has 0 fully saturated rings. The molecule has 0 aromatic heterocycles. The molecular formula is C5H9NO2S. The summed E-state index contributed by atoms with van der Waals surface area (Å²) in [5, 5.41) is 0. The van der Waals surface area contributed by atoms with Crippen molar-refractivity contribution in [3.8, 4) is 0 Å². The molecule has 0 N–H and O–H groups in total. The van der Waals surface area contributed by atoms with E-state index in [0.29, 0.717) is 0 Å². The van der Waals surface area contributed by atoms with Crippen molar-refractivity contribution in [2.45, 2.75) is 26.4 Å². The van der Waals surface area contributed by atoms with E-state index < -0.39 is 6.09 Å². The van der Waals surface area contributed by atoms with Crippen LogP contribution in [-0.4, -0.2) is 12.2 Å². The third-order valence-electron chi connectivity index (χ3n) is 0.951. The molecule has 0 spiro atoms. The summed E-state index contributed by atoms with van der Waals surface area (Å²) in [7, 11) is 0. The highest BCUT2D eigenvalue weighted by Crippen LogP contribution is 1.96. The first-order valence-electron chi connectivity index (χ1n) is 2.74. The second-order valence-corrected chi connectivity index (χ2v) is 1.88. The summed E-state index contributed by atoms with van der Waals surface area (Å²) in [6.07, 6.45) is 0.0416. The molecule has 0 radical (unpaired) electrons. The lowest BCUT2D eigenvalue weighted by molar-refractivity contribution is 0.115. The number of nitrogens with zero attached hydrogens (tertiary/aromatic N) is 1.